The summed E-state index contributed by atoms with van der Waals surface area (Å²) in [6, 6.07) is 8.29. The second-order valence-corrected chi connectivity index (χ2v) is 6.75. The van der Waals surface area contributed by atoms with Gasteiger partial charge in [0, 0.05) is 32.7 Å². The molecule has 2 heterocycles. The monoisotopic (exact) mass is 382 g/mol. The van der Waals surface area contributed by atoms with Crippen molar-refractivity contribution in [3.05, 3.63) is 42.7 Å². The van der Waals surface area contributed by atoms with Crippen LogP contribution in [0.2, 0.25) is 0 Å². The van der Waals surface area contributed by atoms with E-state index >= 15 is 0 Å². The Kier molecular flexibility index (Phi) is 7.40. The van der Waals surface area contributed by atoms with Gasteiger partial charge in [0.2, 0.25) is 0 Å². The van der Waals surface area contributed by atoms with E-state index < -0.39 is 0 Å². The maximum atomic E-state index is 4.71. The van der Waals surface area contributed by atoms with E-state index in [-0.39, 0.29) is 0 Å². The molecular weight excluding hydrogens is 352 g/mol. The van der Waals surface area contributed by atoms with Crippen molar-refractivity contribution in [3.63, 3.8) is 0 Å². The number of hydrogen-bond donors (Lipinski definition) is 2. The molecule has 0 atom stereocenters. The fourth-order valence-corrected chi connectivity index (χ4v) is 3.20. The number of rotatable bonds is 10. The fraction of sp³-hybridized carbons (Fsp3) is 0.500. The Morgan fingerprint density at radius 1 is 1.04 bits per heavy atom. The van der Waals surface area contributed by atoms with Crippen LogP contribution in [0.4, 0.5) is 0 Å². The quantitative estimate of drug-likeness (QED) is 0.319. The first-order valence-corrected chi connectivity index (χ1v) is 10.0. The number of imidazole rings is 1. The van der Waals surface area contributed by atoms with Crippen LogP contribution in [0.25, 0.3) is 11.0 Å². The molecule has 0 saturated carbocycles. The van der Waals surface area contributed by atoms with E-state index in [1.165, 1.54) is 5.52 Å². The summed E-state index contributed by atoms with van der Waals surface area (Å²) < 4.78 is 4.28. The molecule has 0 amide bonds. The molecule has 0 unspecified atom stereocenters. The van der Waals surface area contributed by atoms with E-state index in [2.05, 4.69) is 62.4 Å². The van der Waals surface area contributed by atoms with Gasteiger partial charge in [0.05, 0.1) is 11.0 Å². The molecule has 0 bridgehead atoms. The normalized spacial score (nSPS) is 11.9. The summed E-state index contributed by atoms with van der Waals surface area (Å²) in [4.78, 5) is 9.33. The largest absolute Gasteiger partial charge is 0.357 e. The number of nitrogens with one attached hydrogen (secondary N) is 2. The molecular formula is C20H30N8. The third kappa shape index (κ3) is 5.55. The highest BCUT2D eigenvalue weighted by molar-refractivity contribution is 5.79. The summed E-state index contributed by atoms with van der Waals surface area (Å²) in [5.41, 5.74) is 2.26. The lowest BCUT2D eigenvalue weighted by molar-refractivity contribution is 0.596. The SMILES string of the molecule is CCNC(=NCCCn1c(C)nc2ccccc21)NCCCCn1cnnc1. The van der Waals surface area contributed by atoms with Crippen LogP contribution in [-0.2, 0) is 13.1 Å². The Balaban J connectivity index is 1.41. The van der Waals surface area contributed by atoms with Crippen LogP contribution in [0.5, 0.6) is 0 Å². The molecule has 0 aliphatic rings. The lowest BCUT2D eigenvalue weighted by atomic mass is 10.3. The highest BCUT2D eigenvalue weighted by Crippen LogP contribution is 2.15. The van der Waals surface area contributed by atoms with Gasteiger partial charge in [-0.1, -0.05) is 12.1 Å². The van der Waals surface area contributed by atoms with Gasteiger partial charge in [0.25, 0.3) is 0 Å². The Hall–Kier alpha value is -2.90. The van der Waals surface area contributed by atoms with Crippen LogP contribution in [0.15, 0.2) is 41.9 Å². The minimum Gasteiger partial charge on any atom is -0.357 e. The topological polar surface area (TPSA) is 85.0 Å². The Morgan fingerprint density at radius 3 is 2.68 bits per heavy atom. The predicted octanol–water partition coefficient (Wildman–Crippen LogP) is 2.36. The van der Waals surface area contributed by atoms with Gasteiger partial charge < -0.3 is 19.8 Å². The Labute approximate surface area is 166 Å². The number of hydrogen-bond acceptors (Lipinski definition) is 4. The maximum absolute atomic E-state index is 4.71. The van der Waals surface area contributed by atoms with Gasteiger partial charge in [0.1, 0.15) is 18.5 Å². The smallest absolute Gasteiger partial charge is 0.191 e. The van der Waals surface area contributed by atoms with Crippen molar-refractivity contribution in [1.29, 1.82) is 0 Å². The van der Waals surface area contributed by atoms with Crippen molar-refractivity contribution in [1.82, 2.24) is 34.9 Å². The van der Waals surface area contributed by atoms with Crippen molar-refractivity contribution in [3.8, 4) is 0 Å². The van der Waals surface area contributed by atoms with E-state index in [9.17, 15) is 0 Å². The molecule has 2 aromatic heterocycles. The number of aliphatic imine (C=N–C) groups is 1. The first-order valence-electron chi connectivity index (χ1n) is 10.0. The zero-order chi connectivity index (χ0) is 19.6. The van der Waals surface area contributed by atoms with Gasteiger partial charge in [-0.2, -0.15) is 0 Å². The molecule has 3 rings (SSSR count). The average Bonchev–Trinajstić information content (AvgIpc) is 3.32. The van der Waals surface area contributed by atoms with Crippen molar-refractivity contribution in [2.45, 2.75) is 46.2 Å². The fourth-order valence-electron chi connectivity index (χ4n) is 3.20. The number of nitrogens with zero attached hydrogens (tertiary/aromatic N) is 6. The molecule has 8 nitrogen and oxygen atoms in total. The van der Waals surface area contributed by atoms with Crippen molar-refractivity contribution in [2.24, 2.45) is 4.99 Å². The summed E-state index contributed by atoms with van der Waals surface area (Å²) in [6.07, 6.45) is 6.64. The molecule has 0 radical (unpaired) electrons. The van der Waals surface area contributed by atoms with Crippen LogP contribution in [0.3, 0.4) is 0 Å². The van der Waals surface area contributed by atoms with E-state index in [0.717, 1.165) is 69.3 Å². The zero-order valence-corrected chi connectivity index (χ0v) is 16.8. The van der Waals surface area contributed by atoms with Crippen molar-refractivity contribution >= 4 is 17.0 Å². The van der Waals surface area contributed by atoms with Crippen molar-refractivity contribution < 1.29 is 0 Å². The number of guanidine groups is 1. The molecule has 2 N–H and O–H groups in total. The molecule has 0 fully saturated rings. The zero-order valence-electron chi connectivity index (χ0n) is 16.8. The van der Waals surface area contributed by atoms with Gasteiger partial charge in [-0.15, -0.1) is 10.2 Å². The Bertz CT molecular complexity index is 866. The molecule has 8 heteroatoms. The number of unbranched alkanes of at least 4 members (excludes halogenated alkanes) is 1. The molecule has 150 valence electrons. The van der Waals surface area contributed by atoms with Crippen LogP contribution in [-0.4, -0.2) is 49.9 Å². The van der Waals surface area contributed by atoms with E-state index in [0.29, 0.717) is 0 Å². The van der Waals surface area contributed by atoms with Gasteiger partial charge in [0.15, 0.2) is 5.96 Å². The Morgan fingerprint density at radius 2 is 1.86 bits per heavy atom. The summed E-state index contributed by atoms with van der Waals surface area (Å²) in [7, 11) is 0. The highest BCUT2D eigenvalue weighted by Gasteiger charge is 2.05. The van der Waals surface area contributed by atoms with Crippen LogP contribution >= 0.6 is 0 Å². The average molecular weight is 383 g/mol. The van der Waals surface area contributed by atoms with Gasteiger partial charge in [-0.05, 0) is 45.2 Å². The minimum absolute atomic E-state index is 0.780. The molecule has 0 saturated heterocycles. The number of aromatic nitrogens is 5. The van der Waals surface area contributed by atoms with Crippen LogP contribution in [0, 0.1) is 6.92 Å². The first kappa shape index (κ1) is 19.9. The standard InChI is InChI=1S/C20H30N8/c1-3-21-20(22-11-6-7-13-27-15-24-25-16-27)23-12-8-14-28-17(2)26-18-9-4-5-10-19(18)28/h4-5,9-10,15-16H,3,6-8,11-14H2,1-2H3,(H2,21,22,23). The lowest BCUT2D eigenvalue weighted by Gasteiger charge is -2.11. The number of benzene rings is 1. The summed E-state index contributed by atoms with van der Waals surface area (Å²) in [5, 5.41) is 14.4. The molecule has 0 aliphatic carbocycles. The van der Waals surface area contributed by atoms with E-state index in [4.69, 9.17) is 4.99 Å². The third-order valence-corrected chi connectivity index (χ3v) is 4.60. The summed E-state index contributed by atoms with van der Waals surface area (Å²) >= 11 is 0. The van der Waals surface area contributed by atoms with Gasteiger partial charge in [-0.25, -0.2) is 4.98 Å². The molecule has 3 aromatic rings. The first-order chi connectivity index (χ1) is 13.8. The van der Waals surface area contributed by atoms with Crippen molar-refractivity contribution in [2.75, 3.05) is 19.6 Å². The van der Waals surface area contributed by atoms with Crippen LogP contribution < -0.4 is 10.6 Å². The summed E-state index contributed by atoms with van der Waals surface area (Å²) in [6.45, 7) is 8.56. The molecule has 28 heavy (non-hydrogen) atoms. The predicted molar refractivity (Wildman–Crippen MR) is 112 cm³/mol. The van der Waals surface area contributed by atoms with E-state index in [1.807, 2.05) is 10.6 Å². The number of para-hydroxylation sites is 2. The maximum Gasteiger partial charge on any atom is 0.191 e. The number of fused-ring (bicyclic) bond motifs is 1. The third-order valence-electron chi connectivity index (χ3n) is 4.60. The van der Waals surface area contributed by atoms with Gasteiger partial charge in [-0.3, -0.25) is 4.99 Å². The van der Waals surface area contributed by atoms with Gasteiger partial charge >= 0.3 is 0 Å². The highest BCUT2D eigenvalue weighted by atomic mass is 15.2. The second-order valence-electron chi connectivity index (χ2n) is 6.75. The second kappa shape index (κ2) is 10.4. The molecule has 0 spiro atoms. The molecule has 0 aliphatic heterocycles. The summed E-state index contributed by atoms with van der Waals surface area (Å²) in [5.74, 6) is 1.95. The minimum atomic E-state index is 0.780. The molecule has 1 aromatic carbocycles. The van der Waals surface area contributed by atoms with E-state index in [1.54, 1.807) is 12.7 Å². The lowest BCUT2D eigenvalue weighted by Crippen LogP contribution is -2.38. The number of aryl methyl sites for hydroxylation is 3. The van der Waals surface area contributed by atoms with Crippen LogP contribution in [0.1, 0.15) is 32.0 Å².